The number of benzene rings is 1. The number of hydrogen-bond donors (Lipinski definition) is 2. The van der Waals surface area contributed by atoms with Crippen LogP contribution in [-0.2, 0) is 49.3 Å². The van der Waals surface area contributed by atoms with Crippen LogP contribution in [-0.4, -0.2) is 118 Å². The predicted octanol–water partition coefficient (Wildman–Crippen LogP) is 1.55. The summed E-state index contributed by atoms with van der Waals surface area (Å²) in [7, 11) is 1.64. The Morgan fingerprint density at radius 2 is 1.15 bits per heavy atom. The maximum absolute atomic E-state index is 12.3. The number of ether oxygens (including phenoxy) is 8. The van der Waals surface area contributed by atoms with E-state index in [1.807, 2.05) is 37.3 Å². The van der Waals surface area contributed by atoms with Gasteiger partial charge in [-0.3, -0.25) is 4.79 Å². The molecule has 2 amide bonds. The molecular weight excluding hydrogens is 512 g/mol. The number of hydrogen-bond acceptors (Lipinski definition) is 10. The highest BCUT2D eigenvalue weighted by Gasteiger charge is 2.19. The zero-order chi connectivity index (χ0) is 28.2. The van der Waals surface area contributed by atoms with Gasteiger partial charge in [-0.1, -0.05) is 37.3 Å². The van der Waals surface area contributed by atoms with Crippen LogP contribution in [0.25, 0.3) is 0 Å². The highest BCUT2D eigenvalue weighted by atomic mass is 16.6. The van der Waals surface area contributed by atoms with E-state index in [9.17, 15) is 9.59 Å². The lowest BCUT2D eigenvalue weighted by Gasteiger charge is -2.16. The Morgan fingerprint density at radius 3 is 1.62 bits per heavy atom. The van der Waals surface area contributed by atoms with E-state index in [1.165, 1.54) is 0 Å². The second kappa shape index (κ2) is 25.9. The van der Waals surface area contributed by atoms with Gasteiger partial charge in [0.25, 0.3) is 0 Å². The molecule has 0 unspecified atom stereocenters. The molecule has 0 radical (unpaired) electrons. The molecule has 0 saturated heterocycles. The standard InChI is InChI=1S/C27H46N2O10/c1-3-25(29-27(31)39-23-24-7-5-4-6-8-24)26(30)28-9-10-33-13-14-35-17-18-37-21-22-38-20-19-36-16-15-34-12-11-32-2/h4-8,25H,3,9-23H2,1-2H3,(H,28,30)(H,29,31)/t25-/m0/s1. The molecule has 1 aromatic rings. The Hall–Kier alpha value is -2.32. The predicted molar refractivity (Wildman–Crippen MR) is 144 cm³/mol. The molecule has 2 N–H and O–H groups in total. The molecule has 12 nitrogen and oxygen atoms in total. The minimum Gasteiger partial charge on any atom is -0.445 e. The summed E-state index contributed by atoms with van der Waals surface area (Å²) in [6, 6.07) is 8.66. The van der Waals surface area contributed by atoms with Crippen molar-refractivity contribution in [2.45, 2.75) is 26.0 Å². The summed E-state index contributed by atoms with van der Waals surface area (Å²) < 4.78 is 42.5. The van der Waals surface area contributed by atoms with Crippen molar-refractivity contribution in [3.8, 4) is 0 Å². The third-order valence-corrected chi connectivity index (χ3v) is 5.07. The maximum atomic E-state index is 12.3. The summed E-state index contributed by atoms with van der Waals surface area (Å²) in [5.74, 6) is -0.286. The maximum Gasteiger partial charge on any atom is 0.408 e. The molecule has 0 aliphatic heterocycles. The minimum absolute atomic E-state index is 0.143. The molecule has 0 bridgehead atoms. The lowest BCUT2D eigenvalue weighted by atomic mass is 10.2. The van der Waals surface area contributed by atoms with E-state index in [0.717, 1.165) is 5.56 Å². The topological polar surface area (TPSA) is 132 Å². The van der Waals surface area contributed by atoms with Crippen LogP contribution in [0.5, 0.6) is 0 Å². The summed E-state index contributed by atoms with van der Waals surface area (Å²) in [5, 5.41) is 5.33. The van der Waals surface area contributed by atoms with Crippen molar-refractivity contribution in [1.29, 1.82) is 0 Å². The average Bonchev–Trinajstić information content (AvgIpc) is 2.96. The molecule has 0 fully saturated rings. The third kappa shape index (κ3) is 21.2. The number of alkyl carbamates (subject to hydrolysis) is 1. The molecular formula is C27H46N2O10. The van der Waals surface area contributed by atoms with Gasteiger partial charge in [0.15, 0.2) is 0 Å². The molecule has 0 aliphatic carbocycles. The first-order chi connectivity index (χ1) is 19.2. The minimum atomic E-state index is -0.674. The number of amides is 2. The zero-order valence-corrected chi connectivity index (χ0v) is 23.4. The van der Waals surface area contributed by atoms with Gasteiger partial charge in [0, 0.05) is 13.7 Å². The van der Waals surface area contributed by atoms with Crippen LogP contribution >= 0.6 is 0 Å². The molecule has 1 aromatic carbocycles. The van der Waals surface area contributed by atoms with Crippen molar-refractivity contribution in [2.75, 3.05) is 99.5 Å². The van der Waals surface area contributed by atoms with Gasteiger partial charge in [0.2, 0.25) is 5.91 Å². The largest absolute Gasteiger partial charge is 0.445 e. The first-order valence-electron chi connectivity index (χ1n) is 13.4. The van der Waals surface area contributed by atoms with E-state index < -0.39 is 12.1 Å². The van der Waals surface area contributed by atoms with Crippen molar-refractivity contribution in [3.63, 3.8) is 0 Å². The molecule has 39 heavy (non-hydrogen) atoms. The normalized spacial score (nSPS) is 11.7. The van der Waals surface area contributed by atoms with Crippen LogP contribution in [0.15, 0.2) is 30.3 Å². The van der Waals surface area contributed by atoms with Crippen LogP contribution in [0.4, 0.5) is 4.79 Å². The summed E-state index contributed by atoms with van der Waals surface area (Å²) in [5.41, 5.74) is 0.873. The number of rotatable bonds is 26. The molecule has 0 aliphatic rings. The monoisotopic (exact) mass is 558 g/mol. The number of carbonyl (C=O) groups excluding carboxylic acids is 2. The first-order valence-corrected chi connectivity index (χ1v) is 13.4. The van der Waals surface area contributed by atoms with Crippen molar-refractivity contribution in [3.05, 3.63) is 35.9 Å². The average molecular weight is 559 g/mol. The highest BCUT2D eigenvalue weighted by molar-refractivity contribution is 5.85. The Balaban J connectivity index is 1.85. The van der Waals surface area contributed by atoms with Gasteiger partial charge in [-0.15, -0.1) is 0 Å². The van der Waals surface area contributed by atoms with Crippen molar-refractivity contribution < 1.29 is 47.5 Å². The van der Waals surface area contributed by atoms with Crippen molar-refractivity contribution in [2.24, 2.45) is 0 Å². The van der Waals surface area contributed by atoms with E-state index >= 15 is 0 Å². The van der Waals surface area contributed by atoms with Gasteiger partial charge in [-0.05, 0) is 12.0 Å². The number of carbonyl (C=O) groups is 2. The number of methoxy groups -OCH3 is 1. The van der Waals surface area contributed by atoms with Gasteiger partial charge in [0.05, 0.1) is 85.9 Å². The van der Waals surface area contributed by atoms with Gasteiger partial charge >= 0.3 is 6.09 Å². The molecule has 0 heterocycles. The van der Waals surface area contributed by atoms with Gasteiger partial charge in [0.1, 0.15) is 12.6 Å². The quantitative estimate of drug-likeness (QED) is 0.161. The van der Waals surface area contributed by atoms with Crippen LogP contribution in [0, 0.1) is 0 Å². The Morgan fingerprint density at radius 1 is 0.692 bits per heavy atom. The fourth-order valence-electron chi connectivity index (χ4n) is 2.97. The molecule has 1 atom stereocenters. The van der Waals surface area contributed by atoms with Gasteiger partial charge < -0.3 is 48.5 Å². The van der Waals surface area contributed by atoms with Gasteiger partial charge in [-0.2, -0.15) is 0 Å². The fraction of sp³-hybridized carbons (Fsp3) is 0.704. The van der Waals surface area contributed by atoms with Crippen LogP contribution in [0.2, 0.25) is 0 Å². The molecule has 224 valence electrons. The summed E-state index contributed by atoms with van der Waals surface area (Å²) in [4.78, 5) is 24.3. The number of nitrogens with one attached hydrogen (secondary N) is 2. The Bertz CT molecular complexity index is 711. The molecule has 1 rings (SSSR count). The molecule has 0 aromatic heterocycles. The van der Waals surface area contributed by atoms with E-state index in [2.05, 4.69) is 10.6 Å². The zero-order valence-electron chi connectivity index (χ0n) is 23.4. The summed E-state index contributed by atoms with van der Waals surface area (Å²) >= 11 is 0. The summed E-state index contributed by atoms with van der Waals surface area (Å²) in [6.07, 6.45) is -0.193. The van der Waals surface area contributed by atoms with Crippen LogP contribution < -0.4 is 10.6 Å². The molecule has 0 saturated carbocycles. The van der Waals surface area contributed by atoms with Crippen molar-refractivity contribution >= 4 is 12.0 Å². The van der Waals surface area contributed by atoms with Crippen LogP contribution in [0.1, 0.15) is 18.9 Å². The lowest BCUT2D eigenvalue weighted by molar-refractivity contribution is -0.123. The smallest absolute Gasteiger partial charge is 0.408 e. The second-order valence-corrected chi connectivity index (χ2v) is 8.12. The fourth-order valence-corrected chi connectivity index (χ4v) is 2.97. The molecule has 0 spiro atoms. The SMILES string of the molecule is CC[C@H](NC(=O)OCc1ccccc1)C(=O)NCCOCCOCCOCCOCCOCCOCCOC. The summed E-state index contributed by atoms with van der Waals surface area (Å²) in [6.45, 7) is 8.59. The highest BCUT2D eigenvalue weighted by Crippen LogP contribution is 2.01. The van der Waals surface area contributed by atoms with E-state index in [-0.39, 0.29) is 12.5 Å². The first kappa shape index (κ1) is 34.7. The van der Waals surface area contributed by atoms with E-state index in [1.54, 1.807) is 7.11 Å². The van der Waals surface area contributed by atoms with E-state index in [0.29, 0.717) is 98.9 Å². The lowest BCUT2D eigenvalue weighted by Crippen LogP contribution is -2.47. The van der Waals surface area contributed by atoms with E-state index in [4.69, 9.17) is 37.9 Å². The van der Waals surface area contributed by atoms with Crippen LogP contribution in [0.3, 0.4) is 0 Å². The Labute approximate surface area is 231 Å². The third-order valence-electron chi connectivity index (χ3n) is 5.07. The Kier molecular flexibility index (Phi) is 23.1. The van der Waals surface area contributed by atoms with Gasteiger partial charge in [-0.25, -0.2) is 4.79 Å². The second-order valence-electron chi connectivity index (χ2n) is 8.12. The van der Waals surface area contributed by atoms with Crippen molar-refractivity contribution in [1.82, 2.24) is 10.6 Å². The molecule has 12 heteroatoms.